The zero-order valence-electron chi connectivity index (χ0n) is 5.20. The smallest absolute Gasteiger partial charge is 0.0305 e. The van der Waals surface area contributed by atoms with E-state index in [0.717, 1.165) is 12.5 Å². The molecule has 0 bridgehead atoms. The highest BCUT2D eigenvalue weighted by molar-refractivity contribution is 4.72. The van der Waals surface area contributed by atoms with Crippen molar-refractivity contribution in [3.8, 4) is 0 Å². The van der Waals surface area contributed by atoms with Gasteiger partial charge in [-0.15, -0.1) is 0 Å². The van der Waals surface area contributed by atoms with Gasteiger partial charge in [0.15, 0.2) is 0 Å². The molecule has 1 heteroatoms. The molecule has 2 N–H and O–H groups in total. The van der Waals surface area contributed by atoms with Gasteiger partial charge >= 0.3 is 0 Å². The van der Waals surface area contributed by atoms with Crippen LogP contribution in [0.3, 0.4) is 0 Å². The highest BCUT2D eigenvalue weighted by Gasteiger charge is 1.89. The molecule has 0 unspecified atom stereocenters. The molecule has 1 nitrogen and oxygen atoms in total. The predicted octanol–water partition coefficient (Wildman–Crippen LogP) is 1.69. The molecule has 0 aliphatic rings. The third kappa shape index (κ3) is 5.96. The molecule has 0 amide bonds. The molecule has 0 aliphatic heterocycles. The molecule has 0 aromatic heterocycles. The molecule has 7 heavy (non-hydrogen) atoms. The summed E-state index contributed by atoms with van der Waals surface area (Å²) in [5.41, 5.74) is 5.40. The Kier molecular flexibility index (Phi) is 4.10. The van der Waals surface area contributed by atoms with E-state index in [4.69, 9.17) is 5.73 Å². The van der Waals surface area contributed by atoms with Crippen LogP contribution < -0.4 is 5.73 Å². The number of rotatable bonds is 3. The molecule has 0 saturated heterocycles. The fourth-order valence-corrected chi connectivity index (χ4v) is 0.456. The largest absolute Gasteiger partial charge is 0.324 e. The van der Waals surface area contributed by atoms with Crippen molar-refractivity contribution in [1.29, 1.82) is 0 Å². The predicted molar refractivity (Wildman–Crippen MR) is 32.6 cm³/mol. The van der Waals surface area contributed by atoms with Crippen molar-refractivity contribution in [2.45, 2.75) is 33.1 Å². The molecule has 0 aromatic rings. The number of nitrogens with two attached hydrogens (primary N) is 1. The van der Waals surface area contributed by atoms with Crippen molar-refractivity contribution in [3.63, 3.8) is 0 Å². The quantitative estimate of drug-likeness (QED) is 0.573. The fourth-order valence-electron chi connectivity index (χ4n) is 0.456. The molecule has 0 fully saturated rings. The van der Waals surface area contributed by atoms with Gasteiger partial charge in [-0.1, -0.05) is 19.8 Å². The fraction of sp³-hybridized carbons (Fsp3) is 0.833. The van der Waals surface area contributed by atoms with Crippen molar-refractivity contribution in [1.82, 2.24) is 0 Å². The lowest BCUT2D eigenvalue weighted by Gasteiger charge is -1.98. The highest BCUT2D eigenvalue weighted by Crippen LogP contribution is 2.01. The third-order valence-corrected chi connectivity index (χ3v) is 0.925. The second-order valence-electron chi connectivity index (χ2n) is 1.95. The van der Waals surface area contributed by atoms with Gasteiger partial charge in [0.1, 0.15) is 0 Å². The Balaban J connectivity index is 2.68. The Morgan fingerprint density at radius 3 is 2.29 bits per heavy atom. The van der Waals surface area contributed by atoms with E-state index in [9.17, 15) is 0 Å². The number of unbranched alkanes of at least 4 members (excludes halogenated alkanes) is 1. The molecular formula is C6H14N. The Morgan fingerprint density at radius 1 is 1.57 bits per heavy atom. The van der Waals surface area contributed by atoms with Crippen LogP contribution in [-0.4, -0.2) is 0 Å². The van der Waals surface area contributed by atoms with Crippen molar-refractivity contribution in [2.75, 3.05) is 0 Å². The van der Waals surface area contributed by atoms with Gasteiger partial charge < -0.3 is 5.73 Å². The number of hydrogen-bond donors (Lipinski definition) is 1. The van der Waals surface area contributed by atoms with E-state index in [-0.39, 0.29) is 0 Å². The monoisotopic (exact) mass is 100 g/mol. The average Bonchev–Trinajstić information content (AvgIpc) is 1.61. The summed E-state index contributed by atoms with van der Waals surface area (Å²) < 4.78 is 0. The summed E-state index contributed by atoms with van der Waals surface area (Å²) in [6.07, 6.45) is 3.58. The van der Waals surface area contributed by atoms with Crippen LogP contribution in [0.1, 0.15) is 33.1 Å². The van der Waals surface area contributed by atoms with Gasteiger partial charge in [-0.2, -0.15) is 0 Å². The van der Waals surface area contributed by atoms with Gasteiger partial charge in [0.05, 0.1) is 0 Å². The molecule has 43 valence electrons. The summed E-state index contributed by atoms with van der Waals surface area (Å²) in [4.78, 5) is 0. The van der Waals surface area contributed by atoms with Crippen LogP contribution >= 0.6 is 0 Å². The highest BCUT2D eigenvalue weighted by atomic mass is 14.6. The lowest BCUT2D eigenvalue weighted by Crippen LogP contribution is -2.02. The topological polar surface area (TPSA) is 26.0 Å². The van der Waals surface area contributed by atoms with Crippen molar-refractivity contribution >= 4 is 0 Å². The molecule has 0 aliphatic carbocycles. The molecular weight excluding hydrogens is 86.1 g/mol. The maximum absolute atomic E-state index is 5.40. The first-order valence-electron chi connectivity index (χ1n) is 2.85. The summed E-state index contributed by atoms with van der Waals surface area (Å²) in [6, 6.07) is 1.06. The summed E-state index contributed by atoms with van der Waals surface area (Å²) >= 11 is 0. The normalized spacial score (nSPS) is 10.3. The zero-order chi connectivity index (χ0) is 5.70. The van der Waals surface area contributed by atoms with E-state index < -0.39 is 0 Å². The van der Waals surface area contributed by atoms with Crippen LogP contribution in [0.15, 0.2) is 0 Å². The molecule has 0 heterocycles. The Hall–Kier alpha value is -0.0400. The van der Waals surface area contributed by atoms with E-state index in [1.165, 1.54) is 12.8 Å². The van der Waals surface area contributed by atoms with E-state index in [2.05, 4.69) is 6.92 Å². The Labute approximate surface area is 45.9 Å². The summed E-state index contributed by atoms with van der Waals surface area (Å²) in [7, 11) is 0. The lowest BCUT2D eigenvalue weighted by atomic mass is 10.2. The number of hydrogen-bond acceptors (Lipinski definition) is 1. The average molecular weight is 100 g/mol. The molecule has 0 saturated carbocycles. The van der Waals surface area contributed by atoms with E-state index in [1.807, 2.05) is 6.92 Å². The third-order valence-electron chi connectivity index (χ3n) is 0.925. The van der Waals surface area contributed by atoms with Gasteiger partial charge in [0.25, 0.3) is 0 Å². The minimum atomic E-state index is 1.06. The van der Waals surface area contributed by atoms with Crippen LogP contribution in [0.4, 0.5) is 0 Å². The zero-order valence-corrected chi connectivity index (χ0v) is 5.20. The van der Waals surface area contributed by atoms with Crippen LogP contribution in [-0.2, 0) is 0 Å². The van der Waals surface area contributed by atoms with Crippen molar-refractivity contribution in [3.05, 3.63) is 6.04 Å². The van der Waals surface area contributed by atoms with E-state index >= 15 is 0 Å². The first-order chi connectivity index (χ1) is 3.27. The maximum atomic E-state index is 5.40. The molecule has 0 atom stereocenters. The van der Waals surface area contributed by atoms with E-state index in [1.54, 1.807) is 0 Å². The minimum Gasteiger partial charge on any atom is -0.324 e. The van der Waals surface area contributed by atoms with Crippen molar-refractivity contribution in [2.24, 2.45) is 5.73 Å². The van der Waals surface area contributed by atoms with E-state index in [0.29, 0.717) is 0 Å². The standard InChI is InChI=1S/C6H14N/c1-3-4-5-6(2)7/h3-5,7H2,1-2H3. The minimum absolute atomic E-state index is 1.06. The lowest BCUT2D eigenvalue weighted by molar-refractivity contribution is 0.717. The second-order valence-corrected chi connectivity index (χ2v) is 1.95. The SMILES string of the molecule is CCCC[C](C)N. The van der Waals surface area contributed by atoms with Gasteiger partial charge in [-0.05, 0) is 13.3 Å². The van der Waals surface area contributed by atoms with Crippen molar-refractivity contribution < 1.29 is 0 Å². The van der Waals surface area contributed by atoms with Gasteiger partial charge in [-0.25, -0.2) is 0 Å². The second kappa shape index (κ2) is 4.13. The van der Waals surface area contributed by atoms with Crippen LogP contribution in [0.2, 0.25) is 0 Å². The Bertz CT molecular complexity index is 33.2. The first-order valence-corrected chi connectivity index (χ1v) is 2.85. The summed E-state index contributed by atoms with van der Waals surface area (Å²) in [5.74, 6) is 0. The molecule has 0 spiro atoms. The summed E-state index contributed by atoms with van der Waals surface area (Å²) in [5, 5.41) is 0. The Morgan fingerprint density at radius 2 is 2.14 bits per heavy atom. The van der Waals surface area contributed by atoms with Crippen LogP contribution in [0.25, 0.3) is 0 Å². The maximum Gasteiger partial charge on any atom is 0.0305 e. The molecule has 1 radical (unpaired) electrons. The van der Waals surface area contributed by atoms with Crippen LogP contribution in [0, 0.1) is 6.04 Å². The first kappa shape index (κ1) is 6.96. The molecule has 0 rings (SSSR count). The van der Waals surface area contributed by atoms with Gasteiger partial charge in [0, 0.05) is 6.04 Å². The van der Waals surface area contributed by atoms with Crippen LogP contribution in [0.5, 0.6) is 0 Å². The van der Waals surface area contributed by atoms with Gasteiger partial charge in [0.2, 0.25) is 0 Å². The van der Waals surface area contributed by atoms with Gasteiger partial charge in [-0.3, -0.25) is 0 Å². The summed E-state index contributed by atoms with van der Waals surface area (Å²) in [6.45, 7) is 4.14. The molecule has 0 aromatic carbocycles.